The Morgan fingerprint density at radius 2 is 1.54 bits per heavy atom. The lowest BCUT2D eigenvalue weighted by molar-refractivity contribution is -0.140. The summed E-state index contributed by atoms with van der Waals surface area (Å²) in [6.07, 6.45) is 5.27. The minimum absolute atomic E-state index is 0.0293. The first-order valence-electron chi connectivity index (χ1n) is 16.2. The molecule has 5 rings (SSSR count). The number of anilines is 1. The highest BCUT2D eigenvalue weighted by atomic mass is 79.9. The van der Waals surface area contributed by atoms with Gasteiger partial charge in [0.15, 0.2) is 0 Å². The predicted octanol–water partition coefficient (Wildman–Crippen LogP) is 8.00. The Morgan fingerprint density at radius 1 is 0.875 bits per heavy atom. The number of aryl methyl sites for hydroxylation is 2. The Balaban J connectivity index is 1.58. The third-order valence-electron chi connectivity index (χ3n) is 8.82. The van der Waals surface area contributed by atoms with E-state index in [1.54, 1.807) is 37.3 Å². The Labute approximate surface area is 297 Å². The Morgan fingerprint density at radius 3 is 2.21 bits per heavy atom. The summed E-state index contributed by atoms with van der Waals surface area (Å²) in [5.74, 6) is -0.754. The molecule has 1 N–H and O–H groups in total. The van der Waals surface area contributed by atoms with Crippen LogP contribution >= 0.6 is 27.5 Å². The zero-order valence-corrected chi connectivity index (χ0v) is 30.4. The van der Waals surface area contributed by atoms with Gasteiger partial charge in [0.1, 0.15) is 12.6 Å². The van der Waals surface area contributed by atoms with Crippen molar-refractivity contribution < 1.29 is 18.0 Å². The topological polar surface area (TPSA) is 86.8 Å². The normalized spacial score (nSPS) is 14.2. The summed E-state index contributed by atoms with van der Waals surface area (Å²) in [5, 5.41) is 3.58. The van der Waals surface area contributed by atoms with Gasteiger partial charge in [0.05, 0.1) is 10.6 Å². The number of benzene rings is 4. The largest absolute Gasteiger partial charge is 0.352 e. The van der Waals surface area contributed by atoms with Gasteiger partial charge >= 0.3 is 0 Å². The van der Waals surface area contributed by atoms with E-state index in [9.17, 15) is 18.0 Å². The number of sulfonamides is 1. The van der Waals surface area contributed by atoms with E-state index in [2.05, 4.69) is 21.2 Å². The molecule has 252 valence electrons. The van der Waals surface area contributed by atoms with Crippen LogP contribution in [0.25, 0.3) is 0 Å². The van der Waals surface area contributed by atoms with Crippen molar-refractivity contribution in [2.45, 2.75) is 75.9 Å². The van der Waals surface area contributed by atoms with Crippen LogP contribution in [0, 0.1) is 13.8 Å². The molecule has 4 aromatic rings. The van der Waals surface area contributed by atoms with Crippen LogP contribution < -0.4 is 9.62 Å². The first kappa shape index (κ1) is 35.6. The lowest BCUT2D eigenvalue weighted by atomic mass is 9.94. The average Bonchev–Trinajstić information content (AvgIpc) is 3.08. The molecule has 0 heterocycles. The van der Waals surface area contributed by atoms with Crippen molar-refractivity contribution in [1.82, 2.24) is 10.2 Å². The van der Waals surface area contributed by atoms with Crippen LogP contribution in [0.3, 0.4) is 0 Å². The molecular weight excluding hydrogens is 710 g/mol. The van der Waals surface area contributed by atoms with E-state index < -0.39 is 28.5 Å². The van der Waals surface area contributed by atoms with Gasteiger partial charge in [0.25, 0.3) is 10.0 Å². The van der Waals surface area contributed by atoms with Gasteiger partial charge in [-0.05, 0) is 79.8 Å². The lowest BCUT2D eigenvalue weighted by Crippen LogP contribution is -2.55. The van der Waals surface area contributed by atoms with Crippen molar-refractivity contribution >= 4 is 55.1 Å². The average molecular weight is 751 g/mol. The number of carbonyl (C=O) groups is 2. The van der Waals surface area contributed by atoms with E-state index in [1.165, 1.54) is 17.0 Å². The zero-order chi connectivity index (χ0) is 34.3. The van der Waals surface area contributed by atoms with E-state index in [0.29, 0.717) is 16.3 Å². The molecule has 1 aliphatic carbocycles. The van der Waals surface area contributed by atoms with E-state index in [0.717, 1.165) is 57.6 Å². The zero-order valence-electron chi connectivity index (χ0n) is 27.2. The van der Waals surface area contributed by atoms with Crippen LogP contribution in [0.4, 0.5) is 5.69 Å². The van der Waals surface area contributed by atoms with Gasteiger partial charge in [-0.15, -0.1) is 0 Å². The number of nitrogens with one attached hydrogen (secondary N) is 1. The molecule has 2 amide bonds. The quantitative estimate of drug-likeness (QED) is 0.159. The monoisotopic (exact) mass is 749 g/mol. The van der Waals surface area contributed by atoms with Crippen LogP contribution in [0.2, 0.25) is 5.02 Å². The molecule has 1 fully saturated rings. The minimum atomic E-state index is -4.22. The Hall–Kier alpha value is -3.66. The second kappa shape index (κ2) is 16.2. The molecule has 1 aliphatic rings. The van der Waals surface area contributed by atoms with Gasteiger partial charge in [-0.2, -0.15) is 0 Å². The van der Waals surface area contributed by atoms with E-state index in [4.69, 9.17) is 11.6 Å². The number of hydrogen-bond donors (Lipinski definition) is 1. The summed E-state index contributed by atoms with van der Waals surface area (Å²) in [4.78, 5) is 30.6. The summed E-state index contributed by atoms with van der Waals surface area (Å²) in [6, 6.07) is 27.8. The number of rotatable bonds is 12. The van der Waals surface area contributed by atoms with E-state index in [1.807, 2.05) is 61.5 Å². The van der Waals surface area contributed by atoms with Crippen LogP contribution in [-0.4, -0.2) is 43.8 Å². The molecule has 0 bridgehead atoms. The van der Waals surface area contributed by atoms with E-state index in [-0.39, 0.29) is 29.8 Å². The van der Waals surface area contributed by atoms with E-state index >= 15 is 0 Å². The maximum atomic E-state index is 14.8. The summed E-state index contributed by atoms with van der Waals surface area (Å²) >= 11 is 9.88. The van der Waals surface area contributed by atoms with Crippen LogP contribution in [0.1, 0.15) is 54.4 Å². The molecule has 0 aliphatic heterocycles. The highest BCUT2D eigenvalue weighted by Crippen LogP contribution is 2.30. The first-order chi connectivity index (χ1) is 23.0. The standard InChI is InChI=1S/C38H41BrClN3O4S/c1-27-13-21-34(22-14-27)48(46,47)43(35-24-32(40)20-15-28(35)2)26-37(44)42(25-30-16-18-31(39)19-17-30)36(23-29-9-5-3-6-10-29)38(45)41-33-11-7-4-8-12-33/h3,5-6,9-10,13-22,24,33,36H,4,7-8,11-12,23,25-26H2,1-2H3,(H,41,45)/t36-/m1/s1. The minimum Gasteiger partial charge on any atom is -0.352 e. The van der Waals surface area contributed by atoms with Gasteiger partial charge in [0.2, 0.25) is 11.8 Å². The molecule has 1 saturated carbocycles. The molecule has 1 atom stereocenters. The van der Waals surface area contributed by atoms with Gasteiger partial charge in [-0.25, -0.2) is 8.42 Å². The van der Waals surface area contributed by atoms with Crippen molar-refractivity contribution in [1.29, 1.82) is 0 Å². The third kappa shape index (κ3) is 9.07. The lowest BCUT2D eigenvalue weighted by Gasteiger charge is -2.35. The third-order valence-corrected chi connectivity index (χ3v) is 11.4. The molecule has 0 unspecified atom stereocenters. The number of hydrogen-bond acceptors (Lipinski definition) is 4. The Kier molecular flexibility index (Phi) is 12.0. The van der Waals surface area contributed by atoms with Crippen molar-refractivity contribution in [2.24, 2.45) is 0 Å². The number of amides is 2. The number of carbonyl (C=O) groups excluding carboxylic acids is 2. The van der Waals surface area contributed by atoms with Crippen LogP contribution in [-0.2, 0) is 32.6 Å². The number of halogens is 2. The van der Waals surface area contributed by atoms with Crippen molar-refractivity contribution in [2.75, 3.05) is 10.8 Å². The summed E-state index contributed by atoms with van der Waals surface area (Å²) in [7, 11) is -4.22. The molecule has 10 heteroatoms. The highest BCUT2D eigenvalue weighted by molar-refractivity contribution is 9.10. The SMILES string of the molecule is Cc1ccc(S(=O)(=O)N(CC(=O)N(Cc2ccc(Br)cc2)[C@H](Cc2ccccc2)C(=O)NC2CCCCC2)c2cc(Cl)ccc2C)cc1. The highest BCUT2D eigenvalue weighted by Gasteiger charge is 2.36. The van der Waals surface area contributed by atoms with Crippen molar-refractivity contribution in [3.05, 3.63) is 129 Å². The fourth-order valence-electron chi connectivity index (χ4n) is 6.09. The molecule has 0 aromatic heterocycles. The van der Waals surface area contributed by atoms with Crippen LogP contribution in [0.5, 0.6) is 0 Å². The van der Waals surface area contributed by atoms with Crippen LogP contribution in [0.15, 0.2) is 106 Å². The molecule has 4 aromatic carbocycles. The summed E-state index contributed by atoms with van der Waals surface area (Å²) < 4.78 is 30.7. The number of nitrogens with zero attached hydrogens (tertiary/aromatic N) is 2. The van der Waals surface area contributed by atoms with Crippen molar-refractivity contribution in [3.63, 3.8) is 0 Å². The van der Waals surface area contributed by atoms with Gasteiger partial charge in [-0.1, -0.05) is 113 Å². The Bertz CT molecular complexity index is 1810. The second-order valence-electron chi connectivity index (χ2n) is 12.5. The maximum absolute atomic E-state index is 14.8. The molecule has 7 nitrogen and oxygen atoms in total. The molecule has 0 radical (unpaired) electrons. The maximum Gasteiger partial charge on any atom is 0.264 e. The van der Waals surface area contributed by atoms with Crippen molar-refractivity contribution in [3.8, 4) is 0 Å². The van der Waals surface area contributed by atoms with Gasteiger partial charge in [-0.3, -0.25) is 13.9 Å². The molecule has 0 spiro atoms. The molecule has 0 saturated heterocycles. The fourth-order valence-corrected chi connectivity index (χ4v) is 7.99. The fraction of sp³-hybridized carbons (Fsp3) is 0.316. The summed E-state index contributed by atoms with van der Waals surface area (Å²) in [5.41, 5.74) is 3.54. The smallest absolute Gasteiger partial charge is 0.264 e. The molecule has 48 heavy (non-hydrogen) atoms. The predicted molar refractivity (Wildman–Crippen MR) is 196 cm³/mol. The van der Waals surface area contributed by atoms with Gasteiger partial charge in [0, 0.05) is 28.5 Å². The summed E-state index contributed by atoms with van der Waals surface area (Å²) in [6.45, 7) is 3.23. The molecular formula is C38H41BrClN3O4S. The van der Waals surface area contributed by atoms with Gasteiger partial charge < -0.3 is 10.2 Å². The second-order valence-corrected chi connectivity index (χ2v) is 15.7. The first-order valence-corrected chi connectivity index (χ1v) is 18.9.